The minimum atomic E-state index is -4.28. The Labute approximate surface area is 217 Å². The Kier molecular flexibility index (Phi) is 10.0. The Bertz CT molecular complexity index is 1240. The van der Waals surface area contributed by atoms with Crippen molar-refractivity contribution in [3.8, 4) is 0 Å². The second kappa shape index (κ2) is 12.8. The van der Waals surface area contributed by atoms with E-state index in [1.807, 2.05) is 19.1 Å². The van der Waals surface area contributed by atoms with Crippen molar-refractivity contribution in [3.05, 3.63) is 35.9 Å². The number of hydrogen-bond acceptors (Lipinski definition) is 7. The van der Waals surface area contributed by atoms with Crippen LogP contribution >= 0.6 is 0 Å². The molecule has 0 saturated carbocycles. The normalized spacial score (nSPS) is 14.8. The smallest absolute Gasteiger partial charge is 0.303 e. The standard InChI is InChI=1S/C26H35NO9S/c1-19-26(2,3)25-22-9-8-21(37(30,31)32)18-20(22)7-10-23(25)27(19)36-17-16-35-15-14-34-13-12-33-11-5-4-6-24(28)29/h7-10,18H,4-6,11-17H2,1-3H3,(H-,28,29,30,31,32)/p+1. The lowest BCUT2D eigenvalue weighted by Crippen LogP contribution is -2.27. The van der Waals surface area contributed by atoms with Gasteiger partial charge >= 0.3 is 5.97 Å². The van der Waals surface area contributed by atoms with Crippen molar-refractivity contribution < 1.29 is 46.7 Å². The molecule has 0 amide bonds. The lowest BCUT2D eigenvalue weighted by molar-refractivity contribution is -0.728. The molecular weight excluding hydrogens is 502 g/mol. The van der Waals surface area contributed by atoms with Gasteiger partial charge in [0.05, 0.1) is 48.9 Å². The van der Waals surface area contributed by atoms with Gasteiger partial charge in [-0.05, 0) is 55.7 Å². The Balaban J connectivity index is 1.43. The quantitative estimate of drug-likeness (QED) is 0.186. The van der Waals surface area contributed by atoms with Crippen LogP contribution in [0.5, 0.6) is 0 Å². The lowest BCUT2D eigenvalue weighted by Gasteiger charge is -2.16. The second-order valence-corrected chi connectivity index (χ2v) is 10.8. The van der Waals surface area contributed by atoms with Crippen LogP contribution < -0.4 is 0 Å². The number of benzene rings is 2. The average molecular weight is 539 g/mol. The van der Waals surface area contributed by atoms with E-state index in [1.165, 1.54) is 12.1 Å². The number of fused-ring (bicyclic) bond motifs is 3. The van der Waals surface area contributed by atoms with Crippen LogP contribution in [0.4, 0.5) is 5.69 Å². The van der Waals surface area contributed by atoms with Gasteiger partial charge in [0.1, 0.15) is 0 Å². The van der Waals surface area contributed by atoms with E-state index in [2.05, 4.69) is 13.8 Å². The number of nitrogens with zero attached hydrogens (tertiary/aromatic N) is 1. The van der Waals surface area contributed by atoms with Crippen molar-refractivity contribution in [2.45, 2.75) is 50.3 Å². The highest BCUT2D eigenvalue weighted by Gasteiger charge is 2.46. The van der Waals surface area contributed by atoms with Gasteiger partial charge in [-0.2, -0.15) is 8.42 Å². The number of rotatable bonds is 16. The summed E-state index contributed by atoms with van der Waals surface area (Å²) in [7, 11) is -4.28. The van der Waals surface area contributed by atoms with Gasteiger partial charge in [-0.15, -0.1) is 0 Å². The van der Waals surface area contributed by atoms with Crippen molar-refractivity contribution in [2.24, 2.45) is 0 Å². The Morgan fingerprint density at radius 1 is 0.919 bits per heavy atom. The summed E-state index contributed by atoms with van der Waals surface area (Å²) in [6, 6.07) is 8.33. The molecule has 11 heteroatoms. The molecule has 2 aromatic carbocycles. The first kappa shape index (κ1) is 29.0. The van der Waals surface area contributed by atoms with E-state index < -0.39 is 16.1 Å². The molecule has 1 aliphatic heterocycles. The molecular formula is C26H36NO9S+. The predicted octanol–water partition coefficient (Wildman–Crippen LogP) is 3.72. The van der Waals surface area contributed by atoms with Gasteiger partial charge in [-0.3, -0.25) is 14.2 Å². The minimum absolute atomic E-state index is 0.133. The van der Waals surface area contributed by atoms with E-state index in [1.54, 1.807) is 10.8 Å². The lowest BCUT2D eigenvalue weighted by atomic mass is 9.80. The van der Waals surface area contributed by atoms with Crippen LogP contribution in [0.2, 0.25) is 0 Å². The molecule has 0 bridgehead atoms. The largest absolute Gasteiger partial charge is 0.481 e. The van der Waals surface area contributed by atoms with E-state index in [0.29, 0.717) is 52.7 Å². The van der Waals surface area contributed by atoms with Crippen LogP contribution in [-0.4, -0.2) is 80.7 Å². The first-order valence-electron chi connectivity index (χ1n) is 12.3. The van der Waals surface area contributed by atoms with Gasteiger partial charge < -0.3 is 19.3 Å². The fraction of sp³-hybridized carbons (Fsp3) is 0.538. The molecule has 1 heterocycles. The minimum Gasteiger partial charge on any atom is -0.481 e. The number of aliphatic carboxylic acids is 1. The summed E-state index contributed by atoms with van der Waals surface area (Å²) in [4.78, 5) is 16.3. The second-order valence-electron chi connectivity index (χ2n) is 9.34. The monoisotopic (exact) mass is 538 g/mol. The predicted molar refractivity (Wildman–Crippen MR) is 137 cm³/mol. The van der Waals surface area contributed by atoms with Crippen LogP contribution in [0.1, 0.15) is 45.6 Å². The highest BCUT2D eigenvalue weighted by molar-refractivity contribution is 7.85. The molecule has 1 aliphatic rings. The van der Waals surface area contributed by atoms with Crippen molar-refractivity contribution in [3.63, 3.8) is 0 Å². The molecule has 0 atom stereocenters. The van der Waals surface area contributed by atoms with Gasteiger partial charge in [-0.25, -0.2) is 0 Å². The van der Waals surface area contributed by atoms with Crippen molar-refractivity contribution in [1.82, 2.24) is 0 Å². The van der Waals surface area contributed by atoms with Gasteiger partial charge in [0.15, 0.2) is 6.61 Å². The van der Waals surface area contributed by atoms with Crippen LogP contribution in [0.25, 0.3) is 10.8 Å². The molecule has 0 aromatic heterocycles. The van der Waals surface area contributed by atoms with Gasteiger partial charge in [0.25, 0.3) is 15.8 Å². The number of carboxylic acid groups (broad SMARTS) is 1. The van der Waals surface area contributed by atoms with Gasteiger partial charge in [0.2, 0.25) is 5.71 Å². The van der Waals surface area contributed by atoms with Crippen LogP contribution in [-0.2, 0) is 39.4 Å². The van der Waals surface area contributed by atoms with Crippen LogP contribution in [0.15, 0.2) is 35.2 Å². The summed E-state index contributed by atoms with van der Waals surface area (Å²) < 4.78 is 50.8. The van der Waals surface area contributed by atoms with E-state index in [9.17, 15) is 17.8 Å². The fourth-order valence-electron chi connectivity index (χ4n) is 4.27. The maximum Gasteiger partial charge on any atom is 0.303 e. The van der Waals surface area contributed by atoms with Crippen molar-refractivity contribution in [1.29, 1.82) is 0 Å². The number of ether oxygens (including phenoxy) is 3. The number of carbonyl (C=O) groups is 1. The average Bonchev–Trinajstić information content (AvgIpc) is 3.03. The third-order valence-electron chi connectivity index (χ3n) is 6.44. The number of carboxylic acids is 1. The van der Waals surface area contributed by atoms with E-state index in [0.717, 1.165) is 34.2 Å². The van der Waals surface area contributed by atoms with E-state index in [4.69, 9.17) is 24.2 Å². The molecule has 0 fully saturated rings. The third kappa shape index (κ3) is 7.48. The fourth-order valence-corrected chi connectivity index (χ4v) is 4.79. The van der Waals surface area contributed by atoms with Crippen LogP contribution in [0.3, 0.4) is 0 Å². The van der Waals surface area contributed by atoms with Crippen LogP contribution in [0, 0.1) is 0 Å². The molecule has 0 radical (unpaired) electrons. The van der Waals surface area contributed by atoms with Crippen molar-refractivity contribution >= 4 is 38.3 Å². The summed E-state index contributed by atoms with van der Waals surface area (Å²) >= 11 is 0. The summed E-state index contributed by atoms with van der Waals surface area (Å²) in [5, 5.41) is 10.2. The number of unbranched alkanes of at least 4 members (excludes halogenated alkanes) is 1. The zero-order chi connectivity index (χ0) is 27.1. The zero-order valence-corrected chi connectivity index (χ0v) is 22.4. The van der Waals surface area contributed by atoms with E-state index in [-0.39, 0.29) is 16.7 Å². The highest BCUT2D eigenvalue weighted by atomic mass is 32.2. The first-order chi connectivity index (χ1) is 17.5. The van der Waals surface area contributed by atoms with E-state index >= 15 is 0 Å². The maximum absolute atomic E-state index is 11.5. The molecule has 37 heavy (non-hydrogen) atoms. The molecule has 3 rings (SSSR count). The maximum atomic E-state index is 11.5. The Morgan fingerprint density at radius 2 is 1.54 bits per heavy atom. The number of hydrogen-bond donors (Lipinski definition) is 2. The first-order valence-corrected chi connectivity index (χ1v) is 13.7. The van der Waals surface area contributed by atoms with Gasteiger partial charge in [-0.1, -0.05) is 6.07 Å². The molecule has 0 unspecified atom stereocenters. The topological polar surface area (TPSA) is 132 Å². The molecule has 0 aliphatic carbocycles. The molecule has 204 valence electrons. The molecule has 0 spiro atoms. The summed E-state index contributed by atoms with van der Waals surface area (Å²) in [6.07, 6.45) is 1.49. The van der Waals surface area contributed by atoms with Gasteiger partial charge in [0, 0.05) is 30.8 Å². The Morgan fingerprint density at radius 3 is 2.16 bits per heavy atom. The summed E-state index contributed by atoms with van der Waals surface area (Å²) in [5.41, 5.74) is 2.57. The van der Waals surface area contributed by atoms with Crippen molar-refractivity contribution in [2.75, 3.05) is 46.2 Å². The Hall–Kier alpha value is -2.57. The SMILES string of the molecule is CC1=[N+](OCCOCCOCCOCCCCC(=O)O)c2ccc3cc(S(=O)(=O)O)ccc3c2C1(C)C. The summed E-state index contributed by atoms with van der Waals surface area (Å²) in [6.45, 7) is 9.20. The molecule has 0 saturated heterocycles. The molecule has 2 aromatic rings. The zero-order valence-electron chi connectivity index (χ0n) is 21.6. The molecule has 2 N–H and O–H groups in total. The third-order valence-corrected chi connectivity index (χ3v) is 7.29. The summed E-state index contributed by atoms with van der Waals surface area (Å²) in [5.74, 6) is -0.788. The molecule has 10 nitrogen and oxygen atoms in total. The highest BCUT2D eigenvalue weighted by Crippen LogP contribution is 2.44.